The number of ether oxygens (including phenoxy) is 1. The molecule has 2 heterocycles. The summed E-state index contributed by atoms with van der Waals surface area (Å²) in [6, 6.07) is 15.8. The van der Waals surface area contributed by atoms with Crippen LogP contribution in [0.5, 0.6) is 0 Å². The molecule has 4 rings (SSSR count). The van der Waals surface area contributed by atoms with Crippen molar-refractivity contribution in [2.45, 2.75) is 18.9 Å². The summed E-state index contributed by atoms with van der Waals surface area (Å²) in [5.74, 6) is -0.0731. The molecular formula is C18H16N2O2S. The van der Waals surface area contributed by atoms with Crippen LogP contribution in [0.25, 0.3) is 20.8 Å². The second kappa shape index (κ2) is 6.10. The Bertz CT molecular complexity index is 820. The van der Waals surface area contributed by atoms with Crippen LogP contribution in [0.1, 0.15) is 12.8 Å². The average Bonchev–Trinajstić information content (AvgIpc) is 3.25. The van der Waals surface area contributed by atoms with Crippen molar-refractivity contribution in [1.82, 2.24) is 4.98 Å². The van der Waals surface area contributed by atoms with Gasteiger partial charge in [0.2, 0.25) is 0 Å². The van der Waals surface area contributed by atoms with Crippen LogP contribution >= 0.6 is 11.3 Å². The van der Waals surface area contributed by atoms with Crippen molar-refractivity contribution >= 4 is 33.1 Å². The quantitative estimate of drug-likeness (QED) is 0.790. The van der Waals surface area contributed by atoms with Crippen LogP contribution in [-0.2, 0) is 9.53 Å². The zero-order valence-electron chi connectivity index (χ0n) is 12.5. The van der Waals surface area contributed by atoms with E-state index >= 15 is 0 Å². The molecule has 1 saturated heterocycles. The van der Waals surface area contributed by atoms with Crippen molar-refractivity contribution in [3.8, 4) is 10.6 Å². The molecule has 1 unspecified atom stereocenters. The Labute approximate surface area is 138 Å². The first-order valence-electron chi connectivity index (χ1n) is 7.69. The van der Waals surface area contributed by atoms with Gasteiger partial charge in [-0.1, -0.05) is 24.3 Å². The SMILES string of the molecule is O=C(Nc1ccccc1-c1nc2ccccc2s1)C1CCCO1. The van der Waals surface area contributed by atoms with Crippen molar-refractivity contribution in [3.63, 3.8) is 0 Å². The summed E-state index contributed by atoms with van der Waals surface area (Å²) in [6.07, 6.45) is 1.39. The molecule has 4 nitrogen and oxygen atoms in total. The lowest BCUT2D eigenvalue weighted by molar-refractivity contribution is -0.124. The Hall–Kier alpha value is -2.24. The second-order valence-corrected chi connectivity index (χ2v) is 6.55. The van der Waals surface area contributed by atoms with Crippen molar-refractivity contribution in [1.29, 1.82) is 0 Å². The van der Waals surface area contributed by atoms with Crippen LogP contribution in [0.15, 0.2) is 48.5 Å². The lowest BCUT2D eigenvalue weighted by Crippen LogP contribution is -2.27. The summed E-state index contributed by atoms with van der Waals surface area (Å²) in [6.45, 7) is 0.664. The van der Waals surface area contributed by atoms with Gasteiger partial charge in [-0.05, 0) is 37.1 Å². The van der Waals surface area contributed by atoms with Crippen molar-refractivity contribution in [3.05, 3.63) is 48.5 Å². The van der Waals surface area contributed by atoms with Crippen LogP contribution in [0, 0.1) is 0 Å². The number of nitrogens with zero attached hydrogens (tertiary/aromatic N) is 1. The van der Waals surface area contributed by atoms with E-state index in [0.29, 0.717) is 6.61 Å². The molecule has 2 aromatic carbocycles. The number of fused-ring (bicyclic) bond motifs is 1. The lowest BCUT2D eigenvalue weighted by atomic mass is 10.1. The topological polar surface area (TPSA) is 51.2 Å². The molecule has 3 aromatic rings. The van der Waals surface area contributed by atoms with E-state index < -0.39 is 0 Å². The number of carbonyl (C=O) groups excluding carboxylic acids is 1. The van der Waals surface area contributed by atoms with Crippen LogP contribution in [0.4, 0.5) is 5.69 Å². The first-order chi connectivity index (χ1) is 11.3. The number of thiazole rings is 1. The highest BCUT2D eigenvalue weighted by Gasteiger charge is 2.24. The smallest absolute Gasteiger partial charge is 0.253 e. The van der Waals surface area contributed by atoms with Crippen molar-refractivity contribution in [2.75, 3.05) is 11.9 Å². The number of benzene rings is 2. The van der Waals surface area contributed by atoms with Gasteiger partial charge < -0.3 is 10.1 Å². The monoisotopic (exact) mass is 324 g/mol. The van der Waals surface area contributed by atoms with Gasteiger partial charge in [-0.15, -0.1) is 11.3 Å². The Kier molecular flexibility index (Phi) is 3.81. The van der Waals surface area contributed by atoms with Gasteiger partial charge in [-0.2, -0.15) is 0 Å². The Morgan fingerprint density at radius 1 is 1.17 bits per heavy atom. The van der Waals surface area contributed by atoms with Gasteiger partial charge in [0.25, 0.3) is 5.91 Å². The maximum Gasteiger partial charge on any atom is 0.253 e. The molecule has 1 atom stereocenters. The van der Waals surface area contributed by atoms with Crippen LogP contribution < -0.4 is 5.32 Å². The predicted octanol–water partition coefficient (Wildman–Crippen LogP) is 4.08. The molecule has 1 aromatic heterocycles. The number of amides is 1. The molecule has 23 heavy (non-hydrogen) atoms. The zero-order valence-corrected chi connectivity index (χ0v) is 13.3. The first kappa shape index (κ1) is 14.4. The molecule has 0 aliphatic carbocycles. The van der Waals surface area contributed by atoms with Gasteiger partial charge in [0.15, 0.2) is 0 Å². The van der Waals surface area contributed by atoms with Crippen molar-refractivity contribution < 1.29 is 9.53 Å². The average molecular weight is 324 g/mol. The largest absolute Gasteiger partial charge is 0.368 e. The summed E-state index contributed by atoms with van der Waals surface area (Å²) in [5.41, 5.74) is 2.71. The number of anilines is 1. The minimum atomic E-state index is -0.335. The number of hydrogen-bond acceptors (Lipinski definition) is 4. The summed E-state index contributed by atoms with van der Waals surface area (Å²) >= 11 is 1.63. The van der Waals surface area contributed by atoms with E-state index in [1.807, 2.05) is 42.5 Å². The molecule has 1 amide bonds. The standard InChI is InChI=1S/C18H16N2O2S/c21-17(15-9-5-11-22-15)19-13-7-2-1-6-12(13)18-20-14-8-3-4-10-16(14)23-18/h1-4,6-8,10,15H,5,9,11H2,(H,19,21). The highest BCUT2D eigenvalue weighted by molar-refractivity contribution is 7.21. The third-order valence-corrected chi connectivity index (χ3v) is 5.00. The Morgan fingerprint density at radius 3 is 2.83 bits per heavy atom. The number of aromatic nitrogens is 1. The van der Waals surface area contributed by atoms with Gasteiger partial charge >= 0.3 is 0 Å². The van der Waals surface area contributed by atoms with Gasteiger partial charge in [-0.3, -0.25) is 4.79 Å². The maximum atomic E-state index is 12.3. The fraction of sp³-hybridized carbons (Fsp3) is 0.222. The number of carbonyl (C=O) groups is 1. The van der Waals surface area contributed by atoms with Gasteiger partial charge in [-0.25, -0.2) is 4.98 Å². The van der Waals surface area contributed by atoms with E-state index in [4.69, 9.17) is 4.74 Å². The van der Waals surface area contributed by atoms with Gasteiger partial charge in [0.1, 0.15) is 11.1 Å². The molecule has 0 bridgehead atoms. The highest BCUT2D eigenvalue weighted by Crippen LogP contribution is 2.34. The van der Waals surface area contributed by atoms with E-state index in [0.717, 1.165) is 39.3 Å². The molecule has 0 saturated carbocycles. The molecule has 0 radical (unpaired) electrons. The van der Waals surface area contributed by atoms with Gasteiger partial charge in [0.05, 0.1) is 15.9 Å². The molecule has 5 heteroatoms. The lowest BCUT2D eigenvalue weighted by Gasteiger charge is -2.12. The summed E-state index contributed by atoms with van der Waals surface area (Å²) < 4.78 is 6.60. The number of rotatable bonds is 3. The Balaban J connectivity index is 1.67. The zero-order chi connectivity index (χ0) is 15.6. The minimum Gasteiger partial charge on any atom is -0.368 e. The number of hydrogen-bond donors (Lipinski definition) is 1. The summed E-state index contributed by atoms with van der Waals surface area (Å²) in [4.78, 5) is 17.0. The van der Waals surface area contributed by atoms with Gasteiger partial charge in [0, 0.05) is 12.2 Å². The third-order valence-electron chi connectivity index (χ3n) is 3.93. The summed E-state index contributed by atoms with van der Waals surface area (Å²) in [7, 11) is 0. The van der Waals surface area contributed by atoms with Crippen LogP contribution in [-0.4, -0.2) is 23.6 Å². The number of nitrogens with one attached hydrogen (secondary N) is 1. The molecular weight excluding hydrogens is 308 g/mol. The fourth-order valence-corrected chi connectivity index (χ4v) is 3.77. The third kappa shape index (κ3) is 2.85. The second-order valence-electron chi connectivity index (χ2n) is 5.52. The molecule has 1 N–H and O–H groups in total. The normalized spacial score (nSPS) is 17.5. The van der Waals surface area contributed by atoms with E-state index in [1.165, 1.54) is 0 Å². The molecule has 1 aliphatic heterocycles. The molecule has 116 valence electrons. The van der Waals surface area contributed by atoms with Crippen LogP contribution in [0.2, 0.25) is 0 Å². The van der Waals surface area contributed by atoms with E-state index in [-0.39, 0.29) is 12.0 Å². The minimum absolute atomic E-state index is 0.0731. The number of para-hydroxylation sites is 2. The maximum absolute atomic E-state index is 12.3. The highest BCUT2D eigenvalue weighted by atomic mass is 32.1. The van der Waals surface area contributed by atoms with E-state index in [1.54, 1.807) is 11.3 Å². The first-order valence-corrected chi connectivity index (χ1v) is 8.50. The van der Waals surface area contributed by atoms with E-state index in [2.05, 4.69) is 16.4 Å². The fourth-order valence-electron chi connectivity index (χ4n) is 2.76. The molecule has 1 aliphatic rings. The van der Waals surface area contributed by atoms with E-state index in [9.17, 15) is 4.79 Å². The molecule has 1 fully saturated rings. The summed E-state index contributed by atoms with van der Waals surface area (Å²) in [5, 5.41) is 3.91. The van der Waals surface area contributed by atoms with Crippen LogP contribution in [0.3, 0.4) is 0 Å². The molecule has 0 spiro atoms. The predicted molar refractivity (Wildman–Crippen MR) is 92.7 cm³/mol. The van der Waals surface area contributed by atoms with Crippen molar-refractivity contribution in [2.24, 2.45) is 0 Å². The Morgan fingerprint density at radius 2 is 2.00 bits per heavy atom.